The van der Waals surface area contributed by atoms with Crippen molar-refractivity contribution in [2.75, 3.05) is 27.3 Å². The Labute approximate surface area is 173 Å². The fourth-order valence-corrected chi connectivity index (χ4v) is 3.49. The Hall–Kier alpha value is -3.43. The molecule has 1 aromatic heterocycles. The molecule has 1 unspecified atom stereocenters. The van der Waals surface area contributed by atoms with Crippen LogP contribution in [0.25, 0.3) is 0 Å². The van der Waals surface area contributed by atoms with Crippen molar-refractivity contribution in [2.24, 2.45) is 0 Å². The molecule has 1 aromatic carbocycles. The quantitative estimate of drug-likeness (QED) is 0.521. The van der Waals surface area contributed by atoms with Gasteiger partial charge in [-0.15, -0.1) is 0 Å². The van der Waals surface area contributed by atoms with Crippen LogP contribution in [0.15, 0.2) is 18.2 Å². The van der Waals surface area contributed by atoms with Crippen LogP contribution in [-0.4, -0.2) is 59.1 Å². The van der Waals surface area contributed by atoms with E-state index in [9.17, 15) is 14.9 Å². The minimum Gasteiger partial charge on any atom is -0.493 e. The Kier molecular flexibility index (Phi) is 6.34. The van der Waals surface area contributed by atoms with Gasteiger partial charge in [-0.1, -0.05) is 0 Å². The summed E-state index contributed by atoms with van der Waals surface area (Å²) in [7, 11) is 2.79. The lowest BCUT2D eigenvalue weighted by molar-refractivity contribution is -0.385. The molecule has 0 bridgehead atoms. The number of nitro benzene ring substituents is 1. The van der Waals surface area contributed by atoms with Crippen LogP contribution in [0.3, 0.4) is 0 Å². The van der Waals surface area contributed by atoms with Crippen molar-refractivity contribution in [1.82, 2.24) is 14.9 Å². The van der Waals surface area contributed by atoms with E-state index in [0.717, 1.165) is 12.1 Å². The standard InChI is InChI=1S/C20H24N4O6/c1-12-8-19(22-13(2)21-12)30-14-6-5-7-23(11-14)20(25)15-9-17(28-3)18(29-4)10-16(15)24(26)27/h8-10,14H,5-7,11H2,1-4H3. The molecule has 1 fully saturated rings. The van der Waals surface area contributed by atoms with Gasteiger partial charge in [-0.2, -0.15) is 4.98 Å². The predicted molar refractivity (Wildman–Crippen MR) is 107 cm³/mol. The topological polar surface area (TPSA) is 117 Å². The average molecular weight is 416 g/mol. The van der Waals surface area contributed by atoms with Crippen LogP contribution in [0.2, 0.25) is 0 Å². The number of carbonyl (C=O) groups is 1. The zero-order valence-electron chi connectivity index (χ0n) is 17.4. The molecule has 0 spiro atoms. The summed E-state index contributed by atoms with van der Waals surface area (Å²) in [5.74, 6) is 1.05. The lowest BCUT2D eigenvalue weighted by Gasteiger charge is -2.32. The van der Waals surface area contributed by atoms with Gasteiger partial charge in [0.1, 0.15) is 17.5 Å². The Morgan fingerprint density at radius 2 is 1.87 bits per heavy atom. The second-order valence-electron chi connectivity index (χ2n) is 7.01. The van der Waals surface area contributed by atoms with Gasteiger partial charge < -0.3 is 19.1 Å². The molecule has 3 rings (SSSR count). The molecule has 0 radical (unpaired) electrons. The van der Waals surface area contributed by atoms with Gasteiger partial charge in [-0.3, -0.25) is 14.9 Å². The van der Waals surface area contributed by atoms with Crippen LogP contribution in [0.5, 0.6) is 17.4 Å². The highest BCUT2D eigenvalue weighted by atomic mass is 16.6. The third-order valence-electron chi connectivity index (χ3n) is 4.82. The minimum absolute atomic E-state index is 0.0491. The van der Waals surface area contributed by atoms with E-state index in [2.05, 4.69) is 9.97 Å². The second-order valence-corrected chi connectivity index (χ2v) is 7.01. The van der Waals surface area contributed by atoms with Gasteiger partial charge in [0.15, 0.2) is 11.5 Å². The van der Waals surface area contributed by atoms with E-state index in [1.807, 2.05) is 6.92 Å². The number of methoxy groups -OCH3 is 2. The zero-order chi connectivity index (χ0) is 21.8. The van der Waals surface area contributed by atoms with Crippen molar-refractivity contribution in [3.63, 3.8) is 0 Å². The highest BCUT2D eigenvalue weighted by Gasteiger charge is 2.31. The van der Waals surface area contributed by atoms with E-state index in [0.29, 0.717) is 31.2 Å². The lowest BCUT2D eigenvalue weighted by atomic mass is 10.0. The molecule has 1 atom stereocenters. The third-order valence-corrected chi connectivity index (χ3v) is 4.82. The summed E-state index contributed by atoms with van der Waals surface area (Å²) in [5, 5.41) is 11.5. The van der Waals surface area contributed by atoms with Gasteiger partial charge in [-0.05, 0) is 26.7 Å². The summed E-state index contributed by atoms with van der Waals surface area (Å²) < 4.78 is 16.3. The molecule has 1 aliphatic rings. The summed E-state index contributed by atoms with van der Waals surface area (Å²) >= 11 is 0. The number of hydrogen-bond donors (Lipinski definition) is 0. The summed E-state index contributed by atoms with van der Waals surface area (Å²) in [4.78, 5) is 34.2. The predicted octanol–water partition coefficient (Wildman–Crippen LogP) is 2.70. The minimum atomic E-state index is -0.598. The van der Waals surface area contributed by atoms with E-state index in [1.54, 1.807) is 17.9 Å². The average Bonchev–Trinajstić information content (AvgIpc) is 2.71. The number of benzene rings is 1. The van der Waals surface area contributed by atoms with Crippen molar-refractivity contribution in [3.8, 4) is 17.4 Å². The molecule has 0 N–H and O–H groups in total. The van der Waals surface area contributed by atoms with Crippen LogP contribution < -0.4 is 14.2 Å². The third kappa shape index (κ3) is 4.58. The number of amides is 1. The first-order chi connectivity index (χ1) is 14.3. The van der Waals surface area contributed by atoms with Crippen LogP contribution in [0.4, 0.5) is 5.69 Å². The summed E-state index contributed by atoms with van der Waals surface area (Å²) in [6, 6.07) is 4.30. The summed E-state index contributed by atoms with van der Waals surface area (Å²) in [5.41, 5.74) is 0.414. The Bertz CT molecular complexity index is 944. The van der Waals surface area contributed by atoms with Crippen molar-refractivity contribution >= 4 is 11.6 Å². The molecule has 30 heavy (non-hydrogen) atoms. The Morgan fingerprint density at radius 1 is 1.17 bits per heavy atom. The zero-order valence-corrected chi connectivity index (χ0v) is 17.4. The molecular formula is C20H24N4O6. The van der Waals surface area contributed by atoms with Gasteiger partial charge in [-0.25, -0.2) is 4.98 Å². The molecule has 160 valence electrons. The van der Waals surface area contributed by atoms with Crippen LogP contribution >= 0.6 is 0 Å². The first kappa shape index (κ1) is 21.3. The normalized spacial score (nSPS) is 16.1. The Morgan fingerprint density at radius 3 is 2.50 bits per heavy atom. The van der Waals surface area contributed by atoms with Crippen molar-refractivity contribution < 1.29 is 23.9 Å². The molecule has 10 heteroatoms. The number of hydrogen-bond acceptors (Lipinski definition) is 8. The van der Waals surface area contributed by atoms with E-state index in [-0.39, 0.29) is 28.9 Å². The van der Waals surface area contributed by atoms with Crippen LogP contribution in [-0.2, 0) is 0 Å². The van der Waals surface area contributed by atoms with Crippen molar-refractivity contribution in [1.29, 1.82) is 0 Å². The maximum atomic E-state index is 13.1. The maximum Gasteiger partial charge on any atom is 0.286 e. The fourth-order valence-electron chi connectivity index (χ4n) is 3.49. The van der Waals surface area contributed by atoms with E-state index < -0.39 is 10.8 Å². The highest BCUT2D eigenvalue weighted by Crippen LogP contribution is 2.35. The van der Waals surface area contributed by atoms with Crippen LogP contribution in [0, 0.1) is 24.0 Å². The van der Waals surface area contributed by atoms with Gasteiger partial charge >= 0.3 is 0 Å². The number of carbonyl (C=O) groups excluding carboxylic acids is 1. The Balaban J connectivity index is 1.83. The monoisotopic (exact) mass is 416 g/mol. The number of aryl methyl sites for hydroxylation is 2. The fraction of sp³-hybridized carbons (Fsp3) is 0.450. The molecule has 0 aliphatic carbocycles. The number of nitrogens with zero attached hydrogens (tertiary/aromatic N) is 4. The van der Waals surface area contributed by atoms with E-state index in [1.165, 1.54) is 26.4 Å². The number of nitro groups is 1. The number of piperidine rings is 1. The SMILES string of the molecule is COc1cc(C(=O)N2CCCC(Oc3cc(C)nc(C)n3)C2)c([N+](=O)[O-])cc1OC. The second kappa shape index (κ2) is 8.93. The van der Waals surface area contributed by atoms with Crippen LogP contribution in [0.1, 0.15) is 34.7 Å². The summed E-state index contributed by atoms with van der Waals surface area (Å²) in [6.07, 6.45) is 1.19. The first-order valence-corrected chi connectivity index (χ1v) is 9.51. The molecule has 2 heterocycles. The van der Waals surface area contributed by atoms with Gasteiger partial charge in [0, 0.05) is 24.4 Å². The molecule has 10 nitrogen and oxygen atoms in total. The number of likely N-dealkylation sites (tertiary alicyclic amines) is 1. The maximum absolute atomic E-state index is 13.1. The smallest absolute Gasteiger partial charge is 0.286 e. The van der Waals surface area contributed by atoms with Crippen molar-refractivity contribution in [2.45, 2.75) is 32.8 Å². The highest BCUT2D eigenvalue weighted by molar-refractivity contribution is 5.99. The van der Waals surface area contributed by atoms with E-state index in [4.69, 9.17) is 14.2 Å². The number of ether oxygens (including phenoxy) is 3. The molecule has 2 aromatic rings. The lowest BCUT2D eigenvalue weighted by Crippen LogP contribution is -2.44. The van der Waals surface area contributed by atoms with Gasteiger partial charge in [0.25, 0.3) is 11.6 Å². The summed E-state index contributed by atoms with van der Waals surface area (Å²) in [6.45, 7) is 4.42. The van der Waals surface area contributed by atoms with Gasteiger partial charge in [0.05, 0.1) is 31.8 Å². The van der Waals surface area contributed by atoms with Gasteiger partial charge in [0.2, 0.25) is 5.88 Å². The molecular weight excluding hydrogens is 392 g/mol. The van der Waals surface area contributed by atoms with E-state index >= 15 is 0 Å². The molecule has 1 amide bonds. The molecule has 1 saturated heterocycles. The number of aromatic nitrogens is 2. The van der Waals surface area contributed by atoms with Crippen molar-refractivity contribution in [3.05, 3.63) is 45.4 Å². The largest absolute Gasteiger partial charge is 0.493 e. The molecule has 0 saturated carbocycles. The number of rotatable bonds is 6. The molecule has 1 aliphatic heterocycles. The first-order valence-electron chi connectivity index (χ1n) is 9.51.